The fourth-order valence-electron chi connectivity index (χ4n) is 5.52. The van der Waals surface area contributed by atoms with Crippen molar-refractivity contribution in [3.63, 3.8) is 0 Å². The molecule has 0 saturated carbocycles. The molecule has 2 aromatic rings. The lowest BCUT2D eigenvalue weighted by Gasteiger charge is -2.42. The predicted molar refractivity (Wildman–Crippen MR) is 135 cm³/mol. The number of quaternary nitrogens is 1. The molecule has 5 N–H and O–H groups in total. The Kier molecular flexibility index (Phi) is 4.70. The number of benzene rings is 1. The number of carbonyl (C=O) groups is 1. The summed E-state index contributed by atoms with van der Waals surface area (Å²) in [5, 5.41) is 11.1. The zero-order valence-corrected chi connectivity index (χ0v) is 20.1. The van der Waals surface area contributed by atoms with Crippen LogP contribution >= 0.6 is 0 Å². The molecule has 11 heteroatoms. The van der Waals surface area contributed by atoms with Gasteiger partial charge >= 0.3 is 0 Å². The second kappa shape index (κ2) is 7.59. The number of hydrazone groups is 1. The van der Waals surface area contributed by atoms with Gasteiger partial charge in [0.15, 0.2) is 11.9 Å². The maximum atomic E-state index is 11.4. The van der Waals surface area contributed by atoms with Crippen molar-refractivity contribution in [1.82, 2.24) is 20.6 Å². The van der Waals surface area contributed by atoms with E-state index in [1.165, 1.54) is 12.1 Å². The van der Waals surface area contributed by atoms with Gasteiger partial charge in [-0.3, -0.25) is 19.7 Å². The van der Waals surface area contributed by atoms with Crippen molar-refractivity contribution in [2.45, 2.75) is 44.8 Å². The third-order valence-electron chi connectivity index (χ3n) is 7.24. The average molecular weight is 476 g/mol. The number of hydrogen-bond donors (Lipinski definition) is 4. The number of primary amides is 1. The maximum absolute atomic E-state index is 11.4. The molecule has 6 rings (SSSR count). The highest BCUT2D eigenvalue weighted by molar-refractivity contribution is 5.91. The molecule has 5 heterocycles. The number of anilines is 3. The molecule has 0 aliphatic carbocycles. The van der Waals surface area contributed by atoms with Crippen LogP contribution in [-0.2, 0) is 0 Å². The first-order chi connectivity index (χ1) is 16.7. The predicted octanol–water partition coefficient (Wildman–Crippen LogP) is 2.05. The van der Waals surface area contributed by atoms with Crippen LogP contribution in [0.4, 0.5) is 17.2 Å². The minimum Gasteiger partial charge on any atom is -0.366 e. The number of nitrogens with one attached hydrogen (secondary N) is 3. The fourth-order valence-corrected chi connectivity index (χ4v) is 5.52. The zero-order valence-electron chi connectivity index (χ0n) is 20.1. The number of amides is 1. The van der Waals surface area contributed by atoms with Crippen molar-refractivity contribution in [2.75, 3.05) is 28.3 Å². The molecule has 11 nitrogen and oxygen atoms in total. The Balaban J connectivity index is 1.15. The normalized spacial score (nSPS) is 27.2. The highest BCUT2D eigenvalue weighted by atomic mass is 16.1. The van der Waals surface area contributed by atoms with Crippen molar-refractivity contribution in [2.24, 2.45) is 10.8 Å². The van der Waals surface area contributed by atoms with E-state index in [1.54, 1.807) is 12.3 Å². The van der Waals surface area contributed by atoms with E-state index in [0.717, 1.165) is 24.5 Å². The number of piperazine rings is 1. The molecule has 3 atom stereocenters. The van der Waals surface area contributed by atoms with Crippen molar-refractivity contribution in [3.8, 4) is 0 Å². The number of aromatic amines is 1. The number of nitrogens with two attached hydrogens (primary N) is 1. The summed E-state index contributed by atoms with van der Waals surface area (Å²) in [6.07, 6.45) is 8.70. The first-order valence-electron chi connectivity index (χ1n) is 11.9. The Labute approximate surface area is 204 Å². The second-order valence-corrected chi connectivity index (χ2v) is 10.5. The van der Waals surface area contributed by atoms with Crippen LogP contribution in [0, 0.1) is 0 Å². The van der Waals surface area contributed by atoms with Gasteiger partial charge in [-0.2, -0.15) is 5.10 Å². The highest BCUT2D eigenvalue weighted by Gasteiger charge is 2.47. The highest BCUT2D eigenvalue weighted by Crippen LogP contribution is 2.38. The molecule has 1 aromatic carbocycles. The van der Waals surface area contributed by atoms with Gasteiger partial charge in [-0.15, -0.1) is 10.6 Å². The molecule has 2 saturated heterocycles. The molecule has 0 radical (unpaired) electrons. The topological polar surface area (TPSA) is 118 Å². The number of fused-ring (bicyclic) bond motifs is 3. The minimum atomic E-state index is -0.575. The van der Waals surface area contributed by atoms with Gasteiger partial charge in [0.05, 0.1) is 18.1 Å². The van der Waals surface area contributed by atoms with Gasteiger partial charge in [0.2, 0.25) is 5.70 Å². The Morgan fingerprint density at radius 3 is 2.66 bits per heavy atom. The van der Waals surface area contributed by atoms with Crippen LogP contribution in [0.25, 0.3) is 0 Å². The monoisotopic (exact) mass is 475 g/mol. The van der Waals surface area contributed by atoms with Crippen molar-refractivity contribution in [3.05, 3.63) is 60.3 Å². The van der Waals surface area contributed by atoms with Gasteiger partial charge in [-0.1, -0.05) is 0 Å². The SMILES string of the molecule is CC(C)(C)N1C[C@@H]2C[C@H]1CN2c1ccc(N[N+]23C=CN(c4cc(C(N)=O)n[nH]4)C=C2C=NN3)cc1. The molecule has 35 heavy (non-hydrogen) atoms. The van der Waals surface area contributed by atoms with Crippen LogP contribution in [0.2, 0.25) is 0 Å². The number of rotatable bonds is 5. The molecule has 182 valence electrons. The average Bonchev–Trinajstić information content (AvgIpc) is 3.61. The number of allylic oxidation sites excluding steroid dienone is 1. The van der Waals surface area contributed by atoms with Gasteiger partial charge in [0, 0.05) is 42.5 Å². The standard InChI is InChI=1S/C24H30N10O/c1-24(2,3)33-14-18-10-19(33)13-32(18)17-6-4-16(5-7-17)29-34-9-8-31(15-20(34)12-26-30-34)22-11-21(23(25)35)27-28-22/h4-9,11-12,15,18-19,29-30H,10,13-14H2,1-3H3,(H2-,25,27,28,35)/p+1/t18-,19-,34?/m0/s1. The van der Waals surface area contributed by atoms with Crippen LogP contribution in [0.1, 0.15) is 37.7 Å². The third kappa shape index (κ3) is 3.63. The molecule has 2 fully saturated rings. The lowest BCUT2D eigenvalue weighted by molar-refractivity contribution is -0.857. The van der Waals surface area contributed by atoms with Crippen molar-refractivity contribution >= 4 is 29.3 Å². The number of H-pyrrole nitrogens is 1. The van der Waals surface area contributed by atoms with Gasteiger partial charge in [0.1, 0.15) is 12.0 Å². The van der Waals surface area contributed by atoms with Crippen LogP contribution in [0.5, 0.6) is 0 Å². The smallest absolute Gasteiger partial charge is 0.269 e. The summed E-state index contributed by atoms with van der Waals surface area (Å²) in [6, 6.07) is 11.4. The molecule has 4 aliphatic rings. The summed E-state index contributed by atoms with van der Waals surface area (Å²) >= 11 is 0. The third-order valence-corrected chi connectivity index (χ3v) is 7.24. The first-order valence-corrected chi connectivity index (χ1v) is 11.9. The van der Waals surface area contributed by atoms with Crippen LogP contribution in [-0.4, -0.2) is 62.6 Å². The summed E-state index contributed by atoms with van der Waals surface area (Å²) in [5.41, 5.74) is 15.5. The molecule has 0 spiro atoms. The summed E-state index contributed by atoms with van der Waals surface area (Å²) in [6.45, 7) is 9.15. The van der Waals surface area contributed by atoms with Gasteiger partial charge < -0.3 is 10.6 Å². The van der Waals surface area contributed by atoms with E-state index in [2.05, 4.69) is 81.1 Å². The number of aromatic nitrogens is 2. The lowest BCUT2D eigenvalue weighted by Crippen LogP contribution is -2.54. The first kappa shape index (κ1) is 21.7. The summed E-state index contributed by atoms with van der Waals surface area (Å²) < 4.78 is 0.140. The van der Waals surface area contributed by atoms with Crippen LogP contribution in [0.3, 0.4) is 0 Å². The van der Waals surface area contributed by atoms with E-state index in [0.29, 0.717) is 17.9 Å². The second-order valence-electron chi connectivity index (χ2n) is 10.5. The quantitative estimate of drug-likeness (QED) is 0.489. The summed E-state index contributed by atoms with van der Waals surface area (Å²) in [7, 11) is 0. The van der Waals surface area contributed by atoms with E-state index in [-0.39, 0.29) is 15.9 Å². The molecule has 1 amide bonds. The number of likely N-dealkylation sites (tertiary alicyclic amines) is 1. The zero-order chi connectivity index (χ0) is 24.4. The Bertz CT molecular complexity index is 1240. The Morgan fingerprint density at radius 2 is 2.00 bits per heavy atom. The summed E-state index contributed by atoms with van der Waals surface area (Å²) in [4.78, 5) is 18.4. The van der Waals surface area contributed by atoms with Crippen LogP contribution in [0.15, 0.2) is 59.7 Å². The lowest BCUT2D eigenvalue weighted by atomic mass is 10.0. The molecular formula is C24H31N10O+. The van der Waals surface area contributed by atoms with E-state index < -0.39 is 5.91 Å². The van der Waals surface area contributed by atoms with E-state index in [9.17, 15) is 4.79 Å². The van der Waals surface area contributed by atoms with E-state index in [1.807, 2.05) is 23.5 Å². The van der Waals surface area contributed by atoms with Gasteiger partial charge in [0.25, 0.3) is 5.91 Å². The molecule has 1 aromatic heterocycles. The van der Waals surface area contributed by atoms with Crippen molar-refractivity contribution < 1.29 is 9.50 Å². The number of hydrogen-bond acceptors (Lipinski definition) is 8. The van der Waals surface area contributed by atoms with Gasteiger partial charge in [-0.05, 0) is 56.2 Å². The van der Waals surface area contributed by atoms with E-state index >= 15 is 0 Å². The van der Waals surface area contributed by atoms with E-state index in [4.69, 9.17) is 5.73 Å². The summed E-state index contributed by atoms with van der Waals surface area (Å²) in [5.74, 6) is 0.0590. The molecule has 2 bridgehead atoms. The Morgan fingerprint density at radius 1 is 1.20 bits per heavy atom. The Hall–Kier alpha value is -3.83. The molecule has 1 unspecified atom stereocenters. The maximum Gasteiger partial charge on any atom is 0.269 e. The number of carbonyl (C=O) groups excluding carboxylic acids is 1. The fraction of sp³-hybridized carbons (Fsp3) is 0.375. The van der Waals surface area contributed by atoms with Crippen molar-refractivity contribution in [1.29, 1.82) is 0 Å². The molecule has 4 aliphatic heterocycles. The number of nitrogens with zero attached hydrogens (tertiary/aromatic N) is 6. The van der Waals surface area contributed by atoms with Gasteiger partial charge in [-0.25, -0.2) is 5.43 Å². The molecular weight excluding hydrogens is 444 g/mol. The largest absolute Gasteiger partial charge is 0.366 e. The van der Waals surface area contributed by atoms with Crippen LogP contribution < -0.4 is 26.5 Å². The minimum absolute atomic E-state index is 0.140.